The minimum absolute atomic E-state index is 0. The molecule has 1 aromatic carbocycles. The van der Waals surface area contributed by atoms with Gasteiger partial charge in [0.2, 0.25) is 5.91 Å². The van der Waals surface area contributed by atoms with Crippen molar-refractivity contribution in [1.29, 1.82) is 0 Å². The topological polar surface area (TPSA) is 60.0 Å². The van der Waals surface area contributed by atoms with E-state index in [2.05, 4.69) is 5.32 Å². The number of methoxy groups -OCH3 is 2. The molecular weight excluding hydrogens is 344 g/mol. The number of halogens is 1. The van der Waals surface area contributed by atoms with Crippen LogP contribution in [0.2, 0.25) is 0 Å². The summed E-state index contributed by atoms with van der Waals surface area (Å²) in [6.07, 6.45) is 2.22. The molecule has 0 aliphatic carbocycles. The lowest BCUT2D eigenvalue weighted by Crippen LogP contribution is -2.42. The molecule has 7 heteroatoms. The highest BCUT2D eigenvalue weighted by molar-refractivity contribution is 5.85. The molecule has 1 amide bonds. The SMILES string of the molecule is COCCNCC(=O)N(Cc1cccc(OC)c1)CC1CCCO1.Cl. The fourth-order valence-corrected chi connectivity index (χ4v) is 2.76. The first-order valence-electron chi connectivity index (χ1n) is 8.45. The van der Waals surface area contributed by atoms with E-state index < -0.39 is 0 Å². The summed E-state index contributed by atoms with van der Waals surface area (Å²) in [4.78, 5) is 14.5. The van der Waals surface area contributed by atoms with Gasteiger partial charge in [0.25, 0.3) is 0 Å². The van der Waals surface area contributed by atoms with Gasteiger partial charge in [-0.15, -0.1) is 12.4 Å². The Hall–Kier alpha value is -1.34. The van der Waals surface area contributed by atoms with Gasteiger partial charge in [0, 0.05) is 33.4 Å². The lowest BCUT2D eigenvalue weighted by Gasteiger charge is -2.26. The molecule has 1 unspecified atom stereocenters. The van der Waals surface area contributed by atoms with E-state index in [1.54, 1.807) is 14.2 Å². The zero-order valence-corrected chi connectivity index (χ0v) is 15.8. The van der Waals surface area contributed by atoms with E-state index in [0.29, 0.717) is 32.8 Å². The van der Waals surface area contributed by atoms with Crippen LogP contribution < -0.4 is 10.1 Å². The van der Waals surface area contributed by atoms with Gasteiger partial charge in [-0.05, 0) is 30.5 Å². The fraction of sp³-hybridized carbons (Fsp3) is 0.611. The summed E-state index contributed by atoms with van der Waals surface area (Å²) in [5, 5.41) is 3.12. The predicted octanol–water partition coefficient (Wildman–Crippen LogP) is 1.86. The van der Waals surface area contributed by atoms with Gasteiger partial charge in [0.15, 0.2) is 0 Å². The summed E-state index contributed by atoms with van der Waals surface area (Å²) in [5.74, 6) is 0.875. The second kappa shape index (κ2) is 12.1. The molecule has 0 aromatic heterocycles. The monoisotopic (exact) mass is 372 g/mol. The van der Waals surface area contributed by atoms with Crippen LogP contribution in [-0.4, -0.2) is 64.0 Å². The lowest BCUT2D eigenvalue weighted by atomic mass is 10.1. The number of rotatable bonds is 10. The van der Waals surface area contributed by atoms with Gasteiger partial charge in [0.05, 0.1) is 26.4 Å². The van der Waals surface area contributed by atoms with Gasteiger partial charge in [-0.2, -0.15) is 0 Å². The van der Waals surface area contributed by atoms with Crippen molar-refractivity contribution >= 4 is 18.3 Å². The highest BCUT2D eigenvalue weighted by Crippen LogP contribution is 2.17. The summed E-state index contributed by atoms with van der Waals surface area (Å²) < 4.78 is 16.0. The summed E-state index contributed by atoms with van der Waals surface area (Å²) >= 11 is 0. The van der Waals surface area contributed by atoms with Crippen molar-refractivity contribution in [2.75, 3.05) is 47.1 Å². The zero-order valence-electron chi connectivity index (χ0n) is 15.0. The minimum atomic E-state index is 0. The molecule has 0 spiro atoms. The quantitative estimate of drug-likeness (QED) is 0.635. The third-order valence-electron chi connectivity index (χ3n) is 4.07. The number of nitrogens with one attached hydrogen (secondary N) is 1. The molecule has 0 radical (unpaired) electrons. The normalized spacial score (nSPS) is 16.3. The molecule has 142 valence electrons. The zero-order chi connectivity index (χ0) is 17.2. The van der Waals surface area contributed by atoms with Crippen molar-refractivity contribution in [2.24, 2.45) is 0 Å². The first-order valence-corrected chi connectivity index (χ1v) is 8.45. The van der Waals surface area contributed by atoms with E-state index in [9.17, 15) is 4.79 Å². The van der Waals surface area contributed by atoms with Crippen LogP contribution in [-0.2, 0) is 20.8 Å². The molecule has 1 N–H and O–H groups in total. The standard InChI is InChI=1S/C18H28N2O4.ClH/c1-22-10-8-19-12-18(21)20(14-17-7-4-9-24-17)13-15-5-3-6-16(11-15)23-2;/h3,5-6,11,17,19H,4,7-10,12-14H2,1-2H3;1H. The van der Waals surface area contributed by atoms with E-state index in [-0.39, 0.29) is 24.4 Å². The molecule has 1 atom stereocenters. The largest absolute Gasteiger partial charge is 0.497 e. The van der Waals surface area contributed by atoms with E-state index in [0.717, 1.165) is 30.8 Å². The van der Waals surface area contributed by atoms with Crippen LogP contribution in [0.3, 0.4) is 0 Å². The van der Waals surface area contributed by atoms with Crippen LogP contribution in [0.1, 0.15) is 18.4 Å². The van der Waals surface area contributed by atoms with E-state index >= 15 is 0 Å². The van der Waals surface area contributed by atoms with Crippen molar-refractivity contribution in [2.45, 2.75) is 25.5 Å². The van der Waals surface area contributed by atoms with Crippen molar-refractivity contribution < 1.29 is 19.0 Å². The fourth-order valence-electron chi connectivity index (χ4n) is 2.76. The number of hydrogen-bond donors (Lipinski definition) is 1. The Morgan fingerprint density at radius 1 is 1.40 bits per heavy atom. The Labute approximate surface area is 156 Å². The first kappa shape index (κ1) is 21.7. The Kier molecular flexibility index (Phi) is 10.5. The molecule has 0 bridgehead atoms. The number of carbonyl (C=O) groups is 1. The van der Waals surface area contributed by atoms with E-state index in [1.165, 1.54) is 0 Å². The number of carbonyl (C=O) groups excluding carboxylic acids is 1. The Bertz CT molecular complexity index is 510. The van der Waals surface area contributed by atoms with Gasteiger partial charge in [-0.25, -0.2) is 0 Å². The number of amides is 1. The second-order valence-corrected chi connectivity index (χ2v) is 5.93. The number of hydrogen-bond acceptors (Lipinski definition) is 5. The van der Waals surface area contributed by atoms with Crippen molar-refractivity contribution in [3.63, 3.8) is 0 Å². The maximum absolute atomic E-state index is 12.6. The molecule has 1 aliphatic rings. The van der Waals surface area contributed by atoms with Crippen LogP contribution in [0.5, 0.6) is 5.75 Å². The van der Waals surface area contributed by atoms with Crippen LogP contribution in [0.25, 0.3) is 0 Å². The Balaban J connectivity index is 0.00000312. The molecule has 1 aromatic rings. The first-order chi connectivity index (χ1) is 11.7. The average Bonchev–Trinajstić information content (AvgIpc) is 3.11. The number of ether oxygens (including phenoxy) is 3. The van der Waals surface area contributed by atoms with Crippen molar-refractivity contribution in [1.82, 2.24) is 10.2 Å². The Morgan fingerprint density at radius 3 is 2.92 bits per heavy atom. The van der Waals surface area contributed by atoms with Gasteiger partial charge in [-0.1, -0.05) is 12.1 Å². The van der Waals surface area contributed by atoms with Crippen molar-refractivity contribution in [3.8, 4) is 5.75 Å². The molecule has 1 heterocycles. The molecule has 25 heavy (non-hydrogen) atoms. The van der Waals surface area contributed by atoms with E-state index in [4.69, 9.17) is 14.2 Å². The molecule has 1 saturated heterocycles. The van der Waals surface area contributed by atoms with Crippen LogP contribution >= 0.6 is 12.4 Å². The summed E-state index contributed by atoms with van der Waals surface area (Å²) in [7, 11) is 3.30. The van der Waals surface area contributed by atoms with Crippen LogP contribution in [0, 0.1) is 0 Å². The average molecular weight is 373 g/mol. The van der Waals surface area contributed by atoms with Gasteiger partial charge in [-0.3, -0.25) is 4.79 Å². The lowest BCUT2D eigenvalue weighted by molar-refractivity contribution is -0.132. The maximum Gasteiger partial charge on any atom is 0.236 e. The second-order valence-electron chi connectivity index (χ2n) is 5.93. The third kappa shape index (κ3) is 7.61. The predicted molar refractivity (Wildman–Crippen MR) is 99.4 cm³/mol. The highest BCUT2D eigenvalue weighted by atomic mass is 35.5. The van der Waals surface area contributed by atoms with Gasteiger partial charge < -0.3 is 24.4 Å². The van der Waals surface area contributed by atoms with Crippen molar-refractivity contribution in [3.05, 3.63) is 29.8 Å². The Morgan fingerprint density at radius 2 is 2.24 bits per heavy atom. The third-order valence-corrected chi connectivity index (χ3v) is 4.07. The van der Waals surface area contributed by atoms with Gasteiger partial charge >= 0.3 is 0 Å². The minimum Gasteiger partial charge on any atom is -0.497 e. The maximum atomic E-state index is 12.6. The summed E-state index contributed by atoms with van der Waals surface area (Å²) in [6, 6.07) is 7.83. The molecule has 1 fully saturated rings. The smallest absolute Gasteiger partial charge is 0.236 e. The molecule has 6 nitrogen and oxygen atoms in total. The number of nitrogens with zero attached hydrogens (tertiary/aromatic N) is 1. The van der Waals surface area contributed by atoms with Crippen LogP contribution in [0.4, 0.5) is 0 Å². The summed E-state index contributed by atoms with van der Waals surface area (Å²) in [6.45, 7) is 3.53. The molecule has 0 saturated carbocycles. The van der Waals surface area contributed by atoms with E-state index in [1.807, 2.05) is 29.2 Å². The van der Waals surface area contributed by atoms with Gasteiger partial charge in [0.1, 0.15) is 5.75 Å². The van der Waals surface area contributed by atoms with Crippen LogP contribution in [0.15, 0.2) is 24.3 Å². The molecule has 2 rings (SSSR count). The highest BCUT2D eigenvalue weighted by Gasteiger charge is 2.22. The number of benzene rings is 1. The molecule has 1 aliphatic heterocycles. The summed E-state index contributed by atoms with van der Waals surface area (Å²) in [5.41, 5.74) is 1.05. The molecular formula is C18H29ClN2O4.